The summed E-state index contributed by atoms with van der Waals surface area (Å²) in [5, 5.41) is 27.5. The van der Waals surface area contributed by atoms with E-state index in [0.29, 0.717) is 60.6 Å². The Morgan fingerprint density at radius 1 is 0.746 bits per heavy atom. The zero-order valence-electron chi connectivity index (χ0n) is 31.6. The van der Waals surface area contributed by atoms with Gasteiger partial charge >= 0.3 is 12.2 Å². The fourth-order valence-corrected chi connectivity index (χ4v) is 6.02. The predicted molar refractivity (Wildman–Crippen MR) is 202 cm³/mol. The maximum atomic E-state index is 12.9. The number of nitrogens with zero attached hydrogens (tertiary/aromatic N) is 10. The maximum absolute atomic E-state index is 12.9. The van der Waals surface area contributed by atoms with Gasteiger partial charge in [-0.2, -0.15) is 0 Å². The molecule has 2 aliphatic rings. The predicted octanol–water partition coefficient (Wildman–Crippen LogP) is 6.06. The first kappa shape index (κ1) is 40.0. The Morgan fingerprint density at radius 2 is 1.29 bits per heavy atom. The molecule has 0 aliphatic carbocycles. The molecule has 0 spiro atoms. The van der Waals surface area contributed by atoms with E-state index >= 15 is 0 Å². The molecule has 0 aromatic carbocycles. The zero-order valence-corrected chi connectivity index (χ0v) is 31.6. The molecule has 8 heterocycles. The van der Waals surface area contributed by atoms with Crippen LogP contribution in [-0.4, -0.2) is 86.9 Å². The molecule has 2 aliphatic heterocycles. The summed E-state index contributed by atoms with van der Waals surface area (Å²) in [6, 6.07) is 12.3. The topological polar surface area (TPSA) is 214 Å². The molecule has 0 saturated carbocycles. The van der Waals surface area contributed by atoms with Crippen molar-refractivity contribution in [3.05, 3.63) is 95.6 Å². The van der Waals surface area contributed by atoms with Crippen LogP contribution in [0.4, 0.5) is 50.4 Å². The van der Waals surface area contributed by atoms with Crippen LogP contribution in [0.3, 0.4) is 0 Å². The Bertz CT molecular complexity index is 2470. The van der Waals surface area contributed by atoms with Gasteiger partial charge in [0.1, 0.15) is 46.4 Å². The van der Waals surface area contributed by atoms with E-state index < -0.39 is 30.6 Å². The van der Waals surface area contributed by atoms with E-state index in [1.54, 1.807) is 40.8 Å². The molecular weight excluding hydrogens is 780 g/mol. The van der Waals surface area contributed by atoms with Crippen LogP contribution in [-0.2, 0) is 22.6 Å². The van der Waals surface area contributed by atoms with Crippen LogP contribution in [0.1, 0.15) is 42.0 Å². The molecule has 0 unspecified atom stereocenters. The van der Waals surface area contributed by atoms with Crippen molar-refractivity contribution in [3.63, 3.8) is 0 Å². The molecule has 6 aromatic rings. The minimum atomic E-state index is -2.58. The summed E-state index contributed by atoms with van der Waals surface area (Å²) in [6.07, 6.45) is -0.340. The van der Waals surface area contributed by atoms with Crippen molar-refractivity contribution < 1.29 is 36.6 Å². The van der Waals surface area contributed by atoms with Crippen LogP contribution in [0.15, 0.2) is 73.3 Å². The molecule has 2 atom stereocenters. The second-order valence-corrected chi connectivity index (χ2v) is 13.9. The first-order valence-corrected chi connectivity index (χ1v) is 18.0. The van der Waals surface area contributed by atoms with E-state index in [-0.39, 0.29) is 28.9 Å². The van der Waals surface area contributed by atoms with Crippen LogP contribution in [0, 0.1) is 13.8 Å². The first-order valence-electron chi connectivity index (χ1n) is 18.0. The fraction of sp³-hybridized carbons (Fsp3) is 0.297. The molecular formula is C37H36F4N14O4. The van der Waals surface area contributed by atoms with Crippen molar-refractivity contribution >= 4 is 35.5 Å². The number of ether oxygens (including phenoxy) is 2. The van der Waals surface area contributed by atoms with Crippen LogP contribution in [0.5, 0.6) is 0 Å². The van der Waals surface area contributed by atoms with Crippen LogP contribution in [0.25, 0.3) is 22.8 Å². The standard InChI is InChI=1S/C19H19F2N7O2.C18H17F2N7O2/c1-11-5-13(14-8-28(27-26-14)10-19(2)9-23-18(29)30-19)24-16(6-11)25-15-7-12(17(20)21)3-4-22-15;1-10-4-13(14-9-27(26-25-14)8-12-7-22-18(28)29-12)23-16(5-10)24-15-6-11(17(19)20)2-3-21-15/h3-8,17H,9-10H2,1-2H3,(H,23,29)(H,22,24,25);2-6,9,12,17H,7-8H2,1H3,(H,22,28)(H,21,23,24)/t19-;12-/m01/s1. The van der Waals surface area contributed by atoms with Gasteiger partial charge in [-0.25, -0.2) is 56.5 Å². The summed E-state index contributed by atoms with van der Waals surface area (Å²) in [5.74, 6) is 1.43. The minimum absolute atomic E-state index is 0.125. The molecule has 59 heavy (non-hydrogen) atoms. The largest absolute Gasteiger partial charge is 0.442 e. The van der Waals surface area contributed by atoms with Gasteiger partial charge in [0, 0.05) is 23.5 Å². The number of cyclic esters (lactones) is 2. The highest BCUT2D eigenvalue weighted by molar-refractivity contribution is 5.70. The van der Waals surface area contributed by atoms with Crippen LogP contribution >= 0.6 is 0 Å². The number of nitrogens with one attached hydrogen (secondary N) is 4. The Balaban J connectivity index is 0.000000179. The summed E-state index contributed by atoms with van der Waals surface area (Å²) >= 11 is 0. The zero-order chi connectivity index (χ0) is 41.7. The van der Waals surface area contributed by atoms with Gasteiger partial charge in [0.05, 0.1) is 50.0 Å². The van der Waals surface area contributed by atoms with Gasteiger partial charge in [-0.05, 0) is 80.4 Å². The number of hydrogen-bond donors (Lipinski definition) is 4. The number of alkyl carbamates (subject to hydrolysis) is 2. The monoisotopic (exact) mass is 816 g/mol. The lowest BCUT2D eigenvalue weighted by Crippen LogP contribution is -2.34. The summed E-state index contributed by atoms with van der Waals surface area (Å²) < 4.78 is 65.1. The molecule has 306 valence electrons. The number of pyridine rings is 4. The van der Waals surface area contributed by atoms with E-state index in [0.717, 1.165) is 11.1 Å². The third-order valence-electron chi connectivity index (χ3n) is 8.71. The Kier molecular flexibility index (Phi) is 11.6. The van der Waals surface area contributed by atoms with E-state index in [4.69, 9.17) is 9.47 Å². The highest BCUT2D eigenvalue weighted by atomic mass is 19.3. The van der Waals surface area contributed by atoms with Gasteiger partial charge in [-0.15, -0.1) is 10.2 Å². The number of alkyl halides is 4. The molecule has 2 amide bonds. The molecule has 8 rings (SSSR count). The number of aryl methyl sites for hydroxylation is 2. The van der Waals surface area contributed by atoms with E-state index in [1.807, 2.05) is 26.0 Å². The molecule has 0 bridgehead atoms. The average Bonchev–Trinajstić information content (AvgIpc) is 4.01. The summed E-state index contributed by atoms with van der Waals surface area (Å²) in [5.41, 5.74) is 3.00. The van der Waals surface area contributed by atoms with Crippen molar-refractivity contribution in [1.82, 2.24) is 60.6 Å². The van der Waals surface area contributed by atoms with Crippen molar-refractivity contribution in [3.8, 4) is 22.8 Å². The number of hydrogen-bond acceptors (Lipinski definition) is 14. The molecule has 18 nitrogen and oxygen atoms in total. The van der Waals surface area contributed by atoms with Gasteiger partial charge in [0.2, 0.25) is 0 Å². The number of rotatable bonds is 12. The average molecular weight is 817 g/mol. The number of carbonyl (C=O) groups excluding carboxylic acids is 2. The van der Waals surface area contributed by atoms with Gasteiger partial charge in [0.25, 0.3) is 12.9 Å². The number of carbonyl (C=O) groups is 2. The lowest BCUT2D eigenvalue weighted by Gasteiger charge is -2.19. The molecule has 0 radical (unpaired) electrons. The SMILES string of the molecule is Cc1cc(Nc2cc(C(F)F)ccn2)nc(-c2cn(C[C@H]3CNC(=O)O3)nn2)c1.Cc1cc(Nc2cc(C(F)F)ccn2)nc(-c2cn(C[C@]3(C)CNC(=O)O3)nn2)c1. The molecule has 22 heteroatoms. The van der Waals surface area contributed by atoms with Gasteiger partial charge in [-0.1, -0.05) is 10.4 Å². The highest BCUT2D eigenvalue weighted by Crippen LogP contribution is 2.27. The highest BCUT2D eigenvalue weighted by Gasteiger charge is 2.36. The molecule has 2 saturated heterocycles. The van der Waals surface area contributed by atoms with Crippen LogP contribution in [0.2, 0.25) is 0 Å². The molecule has 4 N–H and O–H groups in total. The molecule has 2 fully saturated rings. The lowest BCUT2D eigenvalue weighted by molar-refractivity contribution is 0.0545. The maximum Gasteiger partial charge on any atom is 0.407 e. The number of aromatic nitrogens is 10. The quantitative estimate of drug-likeness (QED) is 0.104. The summed E-state index contributed by atoms with van der Waals surface area (Å²) in [4.78, 5) is 39.5. The third kappa shape index (κ3) is 10.4. The second kappa shape index (κ2) is 17.1. The lowest BCUT2D eigenvalue weighted by atomic mass is 10.1. The van der Waals surface area contributed by atoms with Crippen molar-refractivity contribution in [2.24, 2.45) is 0 Å². The number of halogens is 4. The van der Waals surface area contributed by atoms with Gasteiger partial charge < -0.3 is 30.7 Å². The van der Waals surface area contributed by atoms with Gasteiger partial charge in [0.15, 0.2) is 0 Å². The van der Waals surface area contributed by atoms with Gasteiger partial charge in [-0.3, -0.25) is 0 Å². The van der Waals surface area contributed by atoms with Crippen molar-refractivity contribution in [2.75, 3.05) is 23.7 Å². The first-order chi connectivity index (χ1) is 28.3. The van der Waals surface area contributed by atoms with E-state index in [9.17, 15) is 27.2 Å². The van der Waals surface area contributed by atoms with E-state index in [2.05, 4.69) is 61.8 Å². The fourth-order valence-electron chi connectivity index (χ4n) is 6.02. The molecule has 6 aromatic heterocycles. The second-order valence-electron chi connectivity index (χ2n) is 13.9. The summed E-state index contributed by atoms with van der Waals surface area (Å²) in [7, 11) is 0. The Hall–Kier alpha value is -7.26. The Morgan fingerprint density at radius 3 is 1.78 bits per heavy atom. The Labute approximate surface area is 332 Å². The van der Waals surface area contributed by atoms with E-state index in [1.165, 1.54) is 36.7 Å². The van der Waals surface area contributed by atoms with Crippen molar-refractivity contribution in [2.45, 2.75) is 58.4 Å². The summed E-state index contributed by atoms with van der Waals surface area (Å²) in [6.45, 7) is 7.06. The normalized spacial score (nSPS) is 17.2. The van der Waals surface area contributed by atoms with Crippen LogP contribution < -0.4 is 21.3 Å². The third-order valence-corrected chi connectivity index (χ3v) is 8.71. The smallest absolute Gasteiger partial charge is 0.407 e. The van der Waals surface area contributed by atoms with Crippen molar-refractivity contribution in [1.29, 1.82) is 0 Å². The number of anilines is 4. The number of amides is 2. The minimum Gasteiger partial charge on any atom is -0.442 e.